The van der Waals surface area contributed by atoms with Crippen molar-refractivity contribution in [2.75, 3.05) is 5.32 Å². The average Bonchev–Trinajstić information content (AvgIpc) is 2.92. The van der Waals surface area contributed by atoms with Gasteiger partial charge in [0, 0.05) is 11.6 Å². The third-order valence-corrected chi connectivity index (χ3v) is 2.94. The molecule has 0 spiro atoms. The van der Waals surface area contributed by atoms with E-state index in [1.807, 2.05) is 0 Å². The van der Waals surface area contributed by atoms with E-state index < -0.39 is 35.1 Å². The summed E-state index contributed by atoms with van der Waals surface area (Å²) >= 11 is 0. The van der Waals surface area contributed by atoms with Gasteiger partial charge in [-0.2, -0.15) is 22.7 Å². The number of fused-ring (bicyclic) bond motifs is 1. The SMILES string of the molecule is O=C(Nc1cc(=O)[nH]c2nc(C(F)(F)F)nn12)c1ccc(F)cc1. The summed E-state index contributed by atoms with van der Waals surface area (Å²) in [6.45, 7) is 0. The average molecular weight is 341 g/mol. The molecule has 0 aliphatic heterocycles. The second-order valence-electron chi connectivity index (χ2n) is 4.65. The lowest BCUT2D eigenvalue weighted by Crippen LogP contribution is -2.18. The van der Waals surface area contributed by atoms with Crippen LogP contribution in [-0.4, -0.2) is 25.5 Å². The highest BCUT2D eigenvalue weighted by Gasteiger charge is 2.36. The normalized spacial score (nSPS) is 11.7. The van der Waals surface area contributed by atoms with Gasteiger partial charge >= 0.3 is 6.18 Å². The molecule has 2 heterocycles. The Kier molecular flexibility index (Phi) is 3.55. The van der Waals surface area contributed by atoms with Gasteiger partial charge in [-0.1, -0.05) is 0 Å². The topological polar surface area (TPSA) is 92.1 Å². The maximum Gasteiger partial charge on any atom is 0.453 e. The monoisotopic (exact) mass is 341 g/mol. The number of aromatic nitrogens is 4. The van der Waals surface area contributed by atoms with Crippen molar-refractivity contribution in [3.05, 3.63) is 57.9 Å². The van der Waals surface area contributed by atoms with Crippen LogP contribution in [0.5, 0.6) is 0 Å². The summed E-state index contributed by atoms with van der Waals surface area (Å²) in [6.07, 6.45) is -4.82. The highest BCUT2D eigenvalue weighted by Crippen LogP contribution is 2.26. The number of H-pyrrole nitrogens is 1. The molecular weight excluding hydrogens is 334 g/mol. The summed E-state index contributed by atoms with van der Waals surface area (Å²) in [7, 11) is 0. The van der Waals surface area contributed by atoms with Gasteiger partial charge in [0.25, 0.3) is 17.3 Å². The van der Waals surface area contributed by atoms with E-state index in [2.05, 4.69) is 20.4 Å². The van der Waals surface area contributed by atoms with Crippen molar-refractivity contribution in [3.8, 4) is 0 Å². The van der Waals surface area contributed by atoms with E-state index in [0.717, 1.165) is 18.2 Å². The fourth-order valence-corrected chi connectivity index (χ4v) is 1.89. The van der Waals surface area contributed by atoms with E-state index in [0.29, 0.717) is 4.52 Å². The number of nitrogens with one attached hydrogen (secondary N) is 2. The van der Waals surface area contributed by atoms with Gasteiger partial charge in [-0.15, -0.1) is 5.10 Å². The zero-order chi connectivity index (χ0) is 17.5. The number of carbonyl (C=O) groups excluding carboxylic acids is 1. The number of nitrogens with zero attached hydrogens (tertiary/aromatic N) is 3. The Labute approximate surface area is 129 Å². The van der Waals surface area contributed by atoms with Crippen molar-refractivity contribution in [1.29, 1.82) is 0 Å². The Morgan fingerprint density at radius 3 is 2.50 bits per heavy atom. The zero-order valence-electron chi connectivity index (χ0n) is 11.6. The molecule has 7 nitrogen and oxygen atoms in total. The molecule has 1 amide bonds. The number of amides is 1. The number of hydrogen-bond donors (Lipinski definition) is 2. The number of halogens is 4. The van der Waals surface area contributed by atoms with Crippen LogP contribution in [0.25, 0.3) is 5.78 Å². The summed E-state index contributed by atoms with van der Waals surface area (Å²) in [4.78, 5) is 28.8. The Morgan fingerprint density at radius 2 is 1.88 bits per heavy atom. The molecule has 0 saturated heterocycles. The number of benzene rings is 1. The lowest BCUT2D eigenvalue weighted by molar-refractivity contribution is -0.144. The first-order valence-electron chi connectivity index (χ1n) is 6.38. The molecule has 0 unspecified atom stereocenters. The first-order valence-corrected chi connectivity index (χ1v) is 6.38. The second kappa shape index (κ2) is 5.44. The highest BCUT2D eigenvalue weighted by molar-refractivity contribution is 6.03. The highest BCUT2D eigenvalue weighted by atomic mass is 19.4. The van der Waals surface area contributed by atoms with Crippen LogP contribution in [-0.2, 0) is 6.18 Å². The first kappa shape index (κ1) is 15.6. The lowest BCUT2D eigenvalue weighted by Gasteiger charge is -2.06. The number of anilines is 1. The van der Waals surface area contributed by atoms with Gasteiger partial charge in [-0.3, -0.25) is 14.6 Å². The van der Waals surface area contributed by atoms with Crippen molar-refractivity contribution in [3.63, 3.8) is 0 Å². The Morgan fingerprint density at radius 1 is 1.21 bits per heavy atom. The van der Waals surface area contributed by atoms with Gasteiger partial charge in [0.1, 0.15) is 11.6 Å². The van der Waals surface area contributed by atoms with Crippen LogP contribution < -0.4 is 10.9 Å². The maximum absolute atomic E-state index is 12.8. The van der Waals surface area contributed by atoms with Gasteiger partial charge < -0.3 is 5.32 Å². The molecule has 0 aliphatic rings. The van der Waals surface area contributed by atoms with Crippen molar-refractivity contribution in [1.82, 2.24) is 19.6 Å². The number of aromatic amines is 1. The lowest BCUT2D eigenvalue weighted by atomic mass is 10.2. The second-order valence-corrected chi connectivity index (χ2v) is 4.65. The fraction of sp³-hybridized carbons (Fsp3) is 0.0769. The summed E-state index contributed by atoms with van der Waals surface area (Å²) < 4.78 is 51.5. The van der Waals surface area contributed by atoms with Crippen LogP contribution in [0.3, 0.4) is 0 Å². The van der Waals surface area contributed by atoms with Gasteiger partial charge in [0.05, 0.1) is 0 Å². The minimum Gasteiger partial charge on any atom is -0.306 e. The quantitative estimate of drug-likeness (QED) is 0.696. The van der Waals surface area contributed by atoms with Gasteiger partial charge in [-0.05, 0) is 24.3 Å². The molecule has 0 fully saturated rings. The van der Waals surface area contributed by atoms with E-state index in [1.54, 1.807) is 0 Å². The Hall–Kier alpha value is -3.24. The third kappa shape index (κ3) is 2.95. The molecule has 0 saturated carbocycles. The molecule has 2 N–H and O–H groups in total. The molecule has 0 bridgehead atoms. The van der Waals surface area contributed by atoms with E-state index >= 15 is 0 Å². The van der Waals surface area contributed by atoms with E-state index in [9.17, 15) is 27.2 Å². The van der Waals surface area contributed by atoms with Crippen LogP contribution in [0, 0.1) is 5.82 Å². The van der Waals surface area contributed by atoms with E-state index in [4.69, 9.17) is 0 Å². The number of rotatable bonds is 2. The third-order valence-electron chi connectivity index (χ3n) is 2.94. The van der Waals surface area contributed by atoms with Crippen molar-refractivity contribution in [2.45, 2.75) is 6.18 Å². The maximum atomic E-state index is 12.8. The molecule has 124 valence electrons. The molecular formula is C13H7F4N5O2. The number of carbonyl (C=O) groups is 1. The Bertz CT molecular complexity index is 975. The van der Waals surface area contributed by atoms with Crippen molar-refractivity contribution >= 4 is 17.5 Å². The van der Waals surface area contributed by atoms with Gasteiger partial charge in [0.15, 0.2) is 0 Å². The predicted molar refractivity (Wildman–Crippen MR) is 73.0 cm³/mol. The summed E-state index contributed by atoms with van der Waals surface area (Å²) in [5, 5.41) is 5.46. The van der Waals surface area contributed by atoms with Crippen molar-refractivity contribution in [2.24, 2.45) is 0 Å². The van der Waals surface area contributed by atoms with Gasteiger partial charge in [0.2, 0.25) is 5.78 Å². The van der Waals surface area contributed by atoms with Gasteiger partial charge in [-0.25, -0.2) is 4.39 Å². The largest absolute Gasteiger partial charge is 0.453 e. The number of hydrogen-bond acceptors (Lipinski definition) is 4. The van der Waals surface area contributed by atoms with Crippen molar-refractivity contribution < 1.29 is 22.4 Å². The van der Waals surface area contributed by atoms with E-state index in [-0.39, 0.29) is 11.4 Å². The fourth-order valence-electron chi connectivity index (χ4n) is 1.89. The molecule has 2 aromatic heterocycles. The molecule has 24 heavy (non-hydrogen) atoms. The molecule has 0 aliphatic carbocycles. The van der Waals surface area contributed by atoms with Crippen LogP contribution in [0.4, 0.5) is 23.4 Å². The molecule has 11 heteroatoms. The summed E-state index contributed by atoms with van der Waals surface area (Å²) in [6, 6.07) is 5.29. The molecule has 1 aromatic carbocycles. The summed E-state index contributed by atoms with van der Waals surface area (Å²) in [5.74, 6) is -3.58. The van der Waals surface area contributed by atoms with Crippen LogP contribution in [0.1, 0.15) is 16.2 Å². The zero-order valence-corrected chi connectivity index (χ0v) is 11.6. The van der Waals surface area contributed by atoms with Crippen LogP contribution in [0.15, 0.2) is 35.1 Å². The van der Waals surface area contributed by atoms with Crippen LogP contribution >= 0.6 is 0 Å². The smallest absolute Gasteiger partial charge is 0.306 e. The van der Waals surface area contributed by atoms with E-state index in [1.165, 1.54) is 12.1 Å². The number of alkyl halides is 3. The van der Waals surface area contributed by atoms with Crippen LogP contribution in [0.2, 0.25) is 0 Å². The molecule has 0 radical (unpaired) electrons. The predicted octanol–water partition coefficient (Wildman–Crippen LogP) is 1.83. The minimum absolute atomic E-state index is 0.0426. The summed E-state index contributed by atoms with van der Waals surface area (Å²) in [5.41, 5.74) is -0.737. The minimum atomic E-state index is -4.82. The standard InChI is InChI=1S/C13H7F4N5O2/c14-7-3-1-6(2-4-7)10(24)18-8-5-9(23)19-12-20-11(13(15,16)17)21-22(8)12/h1-5H,(H,18,24)(H,19,20,21,23). The molecule has 0 atom stereocenters. The molecule has 3 rings (SSSR count). The first-order chi connectivity index (χ1) is 11.2. The molecule has 3 aromatic rings. The Balaban J connectivity index is 2.02.